The predicted octanol–water partition coefficient (Wildman–Crippen LogP) is 0.899. The Labute approximate surface area is 86.9 Å². The maximum Gasteiger partial charge on any atom is 0.356 e. The van der Waals surface area contributed by atoms with E-state index in [9.17, 15) is 4.57 Å². The summed E-state index contributed by atoms with van der Waals surface area (Å²) < 4.78 is 10.5. The first-order valence-corrected chi connectivity index (χ1v) is 5.77. The molecule has 2 rings (SSSR count). The summed E-state index contributed by atoms with van der Waals surface area (Å²) >= 11 is 0. The molecule has 0 aliphatic carbocycles. The van der Waals surface area contributed by atoms with Crippen LogP contribution in [-0.4, -0.2) is 20.0 Å². The molecule has 1 aromatic heterocycles. The van der Waals surface area contributed by atoms with E-state index in [2.05, 4.69) is 10.2 Å². The fourth-order valence-corrected chi connectivity index (χ4v) is 1.40. The summed E-state index contributed by atoms with van der Waals surface area (Å²) in [5, 5.41) is 6.27. The lowest BCUT2D eigenvalue weighted by atomic mass is 10.4. The number of nitrogens with zero attached hydrogens (tertiary/aromatic N) is 1. The standard InChI is InChI=1S/C6H7O3P.C3H4N2/c7-10(8,9)6-4-2-1-3-5-6;1-2-4-5-3-1/h1-5H,(H2,7,8,9);1-3H,(H,4,5). The van der Waals surface area contributed by atoms with Crippen LogP contribution in [0.3, 0.4) is 0 Å². The molecule has 1 aromatic carbocycles. The number of aromatic nitrogens is 2. The smallest absolute Gasteiger partial charge is 0.321 e. The molecule has 1 heterocycles. The molecule has 0 saturated heterocycles. The number of benzene rings is 1. The summed E-state index contributed by atoms with van der Waals surface area (Å²) in [6.45, 7) is 0. The molecule has 15 heavy (non-hydrogen) atoms. The van der Waals surface area contributed by atoms with E-state index in [1.807, 2.05) is 6.07 Å². The van der Waals surface area contributed by atoms with Crippen molar-refractivity contribution in [2.24, 2.45) is 0 Å². The Morgan fingerprint density at radius 2 is 1.80 bits per heavy atom. The minimum Gasteiger partial charge on any atom is -0.321 e. The maximum absolute atomic E-state index is 10.5. The van der Waals surface area contributed by atoms with Gasteiger partial charge in [0.1, 0.15) is 0 Å². The molecule has 0 atom stereocenters. The van der Waals surface area contributed by atoms with Crippen LogP contribution in [0.1, 0.15) is 0 Å². The lowest BCUT2D eigenvalue weighted by Crippen LogP contribution is -2.01. The average molecular weight is 226 g/mol. The van der Waals surface area contributed by atoms with Gasteiger partial charge in [-0.05, 0) is 18.2 Å². The lowest BCUT2D eigenvalue weighted by Gasteiger charge is -2.00. The molecule has 0 aliphatic heterocycles. The quantitative estimate of drug-likeness (QED) is 0.630. The molecule has 5 nitrogen and oxygen atoms in total. The molecule has 0 fully saturated rings. The number of hydrogen-bond acceptors (Lipinski definition) is 2. The van der Waals surface area contributed by atoms with Gasteiger partial charge in [-0.1, -0.05) is 18.2 Å². The van der Waals surface area contributed by atoms with Gasteiger partial charge in [-0.2, -0.15) is 5.10 Å². The Morgan fingerprint density at radius 3 is 2.07 bits per heavy atom. The van der Waals surface area contributed by atoms with Crippen molar-refractivity contribution in [2.75, 3.05) is 0 Å². The van der Waals surface area contributed by atoms with Crippen LogP contribution >= 0.6 is 7.60 Å². The molecule has 6 heteroatoms. The van der Waals surface area contributed by atoms with Gasteiger partial charge in [0.2, 0.25) is 0 Å². The Kier molecular flexibility index (Phi) is 4.24. The van der Waals surface area contributed by atoms with Gasteiger partial charge >= 0.3 is 7.60 Å². The van der Waals surface area contributed by atoms with Crippen molar-refractivity contribution in [3.8, 4) is 0 Å². The summed E-state index contributed by atoms with van der Waals surface area (Å²) in [6.07, 6.45) is 3.46. The highest BCUT2D eigenvalue weighted by Gasteiger charge is 2.14. The highest BCUT2D eigenvalue weighted by molar-refractivity contribution is 7.60. The molecular weight excluding hydrogens is 215 g/mol. The van der Waals surface area contributed by atoms with Crippen molar-refractivity contribution in [3.05, 3.63) is 48.8 Å². The first kappa shape index (κ1) is 11.7. The molecule has 0 spiro atoms. The van der Waals surface area contributed by atoms with Crippen molar-refractivity contribution >= 4 is 12.9 Å². The van der Waals surface area contributed by atoms with Gasteiger partial charge in [-0.25, -0.2) is 0 Å². The van der Waals surface area contributed by atoms with E-state index in [0.29, 0.717) is 0 Å². The van der Waals surface area contributed by atoms with Crippen LogP contribution < -0.4 is 5.30 Å². The molecule has 0 bridgehead atoms. The number of hydrogen-bond donors (Lipinski definition) is 3. The van der Waals surface area contributed by atoms with E-state index >= 15 is 0 Å². The van der Waals surface area contributed by atoms with Gasteiger partial charge in [0.05, 0.1) is 5.30 Å². The van der Waals surface area contributed by atoms with Crippen LogP contribution in [-0.2, 0) is 4.57 Å². The minimum atomic E-state index is -4.02. The third kappa shape index (κ3) is 4.56. The third-order valence-corrected chi connectivity index (χ3v) is 2.47. The third-order valence-electron chi connectivity index (χ3n) is 1.50. The second-order valence-corrected chi connectivity index (χ2v) is 4.25. The van der Waals surface area contributed by atoms with Gasteiger partial charge < -0.3 is 9.79 Å². The lowest BCUT2D eigenvalue weighted by molar-refractivity contribution is 0.387. The highest BCUT2D eigenvalue weighted by Crippen LogP contribution is 2.32. The van der Waals surface area contributed by atoms with E-state index < -0.39 is 7.60 Å². The fourth-order valence-electron chi connectivity index (χ4n) is 0.837. The van der Waals surface area contributed by atoms with Crippen molar-refractivity contribution in [1.82, 2.24) is 10.2 Å². The zero-order valence-electron chi connectivity index (χ0n) is 7.82. The normalized spacial score (nSPS) is 10.3. The van der Waals surface area contributed by atoms with Gasteiger partial charge in [0, 0.05) is 12.4 Å². The molecule has 0 unspecified atom stereocenters. The van der Waals surface area contributed by atoms with Crippen molar-refractivity contribution in [1.29, 1.82) is 0 Å². The monoisotopic (exact) mass is 226 g/mol. The first-order chi connectivity index (χ1) is 7.11. The fraction of sp³-hybridized carbons (Fsp3) is 0. The van der Waals surface area contributed by atoms with E-state index in [1.165, 1.54) is 12.1 Å². The number of H-pyrrole nitrogens is 1. The molecule has 80 valence electrons. The second-order valence-electron chi connectivity index (χ2n) is 2.65. The van der Waals surface area contributed by atoms with Crippen LogP contribution in [0.2, 0.25) is 0 Å². The first-order valence-electron chi connectivity index (χ1n) is 4.15. The Balaban J connectivity index is 0.000000187. The summed E-state index contributed by atoms with van der Waals surface area (Å²) in [7, 11) is -4.02. The largest absolute Gasteiger partial charge is 0.356 e. The number of rotatable bonds is 1. The minimum absolute atomic E-state index is 0.0648. The molecule has 3 N–H and O–H groups in total. The summed E-state index contributed by atoms with van der Waals surface area (Å²) in [6, 6.07) is 9.53. The zero-order chi connectivity index (χ0) is 11.1. The highest BCUT2D eigenvalue weighted by atomic mass is 31.2. The van der Waals surface area contributed by atoms with Crippen LogP contribution in [0, 0.1) is 0 Å². The molecule has 2 aromatic rings. The Morgan fingerprint density at radius 1 is 1.13 bits per heavy atom. The van der Waals surface area contributed by atoms with E-state index in [4.69, 9.17) is 9.79 Å². The van der Waals surface area contributed by atoms with Crippen molar-refractivity contribution in [2.45, 2.75) is 0 Å². The summed E-state index contributed by atoms with van der Waals surface area (Å²) in [5.41, 5.74) is 0. The van der Waals surface area contributed by atoms with E-state index in [-0.39, 0.29) is 5.30 Å². The van der Waals surface area contributed by atoms with E-state index in [1.54, 1.807) is 30.6 Å². The summed E-state index contributed by atoms with van der Waals surface area (Å²) in [5.74, 6) is 0. The van der Waals surface area contributed by atoms with Gasteiger partial charge in [0.25, 0.3) is 0 Å². The Bertz CT molecular complexity index is 393. The molecule has 0 radical (unpaired) electrons. The van der Waals surface area contributed by atoms with Crippen molar-refractivity contribution < 1.29 is 14.4 Å². The molecule has 0 amide bonds. The van der Waals surface area contributed by atoms with E-state index in [0.717, 1.165) is 0 Å². The number of nitrogens with one attached hydrogen (secondary N) is 1. The van der Waals surface area contributed by atoms with Gasteiger partial charge in [-0.15, -0.1) is 0 Å². The van der Waals surface area contributed by atoms with Crippen LogP contribution in [0.15, 0.2) is 48.8 Å². The SMILES string of the molecule is O=P(O)(O)c1ccccc1.c1cn[nH]c1. The molecular formula is C9H11N2O3P. The maximum atomic E-state index is 10.5. The molecule has 0 saturated carbocycles. The topological polar surface area (TPSA) is 86.2 Å². The zero-order valence-corrected chi connectivity index (χ0v) is 8.71. The van der Waals surface area contributed by atoms with Crippen molar-refractivity contribution in [3.63, 3.8) is 0 Å². The van der Waals surface area contributed by atoms with Crippen LogP contribution in [0.4, 0.5) is 0 Å². The Hall–Kier alpha value is -1.42. The summed E-state index contributed by atoms with van der Waals surface area (Å²) in [4.78, 5) is 17.2. The molecule has 0 aliphatic rings. The number of aromatic amines is 1. The second kappa shape index (κ2) is 5.46. The predicted molar refractivity (Wildman–Crippen MR) is 56.7 cm³/mol. The average Bonchev–Trinajstić information content (AvgIpc) is 2.76. The van der Waals surface area contributed by atoms with Gasteiger partial charge in [0.15, 0.2) is 0 Å². The van der Waals surface area contributed by atoms with Crippen LogP contribution in [0.25, 0.3) is 0 Å². The van der Waals surface area contributed by atoms with Crippen LogP contribution in [0.5, 0.6) is 0 Å². The van der Waals surface area contributed by atoms with Gasteiger partial charge in [-0.3, -0.25) is 9.66 Å².